The van der Waals surface area contributed by atoms with Gasteiger partial charge >= 0.3 is 5.97 Å². The molecule has 1 aromatic rings. The van der Waals surface area contributed by atoms with Gasteiger partial charge in [0.2, 0.25) is 0 Å². The number of aryl methyl sites for hydroxylation is 1. The number of esters is 1. The number of hydrogen-bond donors (Lipinski definition) is 1. The molecule has 4 heteroatoms. The van der Waals surface area contributed by atoms with Gasteiger partial charge in [-0.2, -0.15) is 0 Å². The Kier molecular flexibility index (Phi) is 5.96. The molecule has 0 amide bonds. The maximum atomic E-state index is 12.5. The average Bonchev–Trinajstić information content (AvgIpc) is 2.40. The first kappa shape index (κ1) is 15.6. The second-order valence-corrected chi connectivity index (χ2v) is 4.67. The summed E-state index contributed by atoms with van der Waals surface area (Å²) in [6, 6.07) is 7.60. The summed E-state index contributed by atoms with van der Waals surface area (Å²) in [6.45, 7) is 3.65. The van der Waals surface area contributed by atoms with E-state index in [1.165, 1.54) is 0 Å². The molecule has 0 radical (unpaired) electrons. The van der Waals surface area contributed by atoms with E-state index in [-0.39, 0.29) is 12.5 Å². The third kappa shape index (κ3) is 3.53. The first-order chi connectivity index (χ1) is 9.10. The number of alkyl halides is 1. The number of nitrogens with two attached hydrogens (primary N) is 1. The fraction of sp³-hybridized carbons (Fsp3) is 0.533. The normalized spacial score (nSPS) is 13.9. The number of carbonyl (C=O) groups excluding carboxylic acids is 1. The van der Waals surface area contributed by atoms with Crippen molar-refractivity contribution in [1.82, 2.24) is 0 Å². The SMILES string of the molecule is CCOC(=O)C(CN)(CCCF)c1cccc(C)c1. The third-order valence-electron chi connectivity index (χ3n) is 3.32. The number of rotatable bonds is 7. The molecule has 1 atom stereocenters. The van der Waals surface area contributed by atoms with E-state index in [1.54, 1.807) is 6.92 Å². The zero-order chi connectivity index (χ0) is 14.3. The lowest BCUT2D eigenvalue weighted by atomic mass is 9.76. The first-order valence-electron chi connectivity index (χ1n) is 6.61. The molecule has 106 valence electrons. The van der Waals surface area contributed by atoms with Gasteiger partial charge in [-0.15, -0.1) is 0 Å². The molecule has 1 unspecified atom stereocenters. The maximum absolute atomic E-state index is 12.5. The highest BCUT2D eigenvalue weighted by Crippen LogP contribution is 2.31. The number of ether oxygens (including phenoxy) is 1. The van der Waals surface area contributed by atoms with Gasteiger partial charge in [-0.3, -0.25) is 9.18 Å². The number of carbonyl (C=O) groups is 1. The molecule has 2 N–H and O–H groups in total. The summed E-state index contributed by atoms with van der Waals surface area (Å²) in [5, 5.41) is 0. The lowest BCUT2D eigenvalue weighted by Crippen LogP contribution is -2.44. The molecule has 3 nitrogen and oxygen atoms in total. The summed E-state index contributed by atoms with van der Waals surface area (Å²) in [4.78, 5) is 12.3. The summed E-state index contributed by atoms with van der Waals surface area (Å²) < 4.78 is 17.7. The van der Waals surface area contributed by atoms with Gasteiger partial charge in [0, 0.05) is 6.54 Å². The van der Waals surface area contributed by atoms with Crippen molar-refractivity contribution in [2.75, 3.05) is 19.8 Å². The van der Waals surface area contributed by atoms with Crippen LogP contribution in [0.4, 0.5) is 4.39 Å². The van der Waals surface area contributed by atoms with E-state index in [1.807, 2.05) is 31.2 Å². The van der Waals surface area contributed by atoms with Gasteiger partial charge in [0.1, 0.15) is 5.41 Å². The minimum absolute atomic E-state index is 0.120. The Morgan fingerprint density at radius 1 is 1.47 bits per heavy atom. The standard InChI is InChI=1S/C15H22FNO2/c1-3-19-14(18)15(11-17,8-5-9-16)13-7-4-6-12(2)10-13/h4,6-7,10H,3,5,8-9,11,17H2,1-2H3. The van der Waals surface area contributed by atoms with Crippen molar-refractivity contribution in [2.24, 2.45) is 5.73 Å². The van der Waals surface area contributed by atoms with E-state index in [4.69, 9.17) is 10.5 Å². The van der Waals surface area contributed by atoms with Crippen molar-refractivity contribution in [3.8, 4) is 0 Å². The predicted molar refractivity (Wildman–Crippen MR) is 73.8 cm³/mol. The highest BCUT2D eigenvalue weighted by Gasteiger charge is 2.40. The summed E-state index contributed by atoms with van der Waals surface area (Å²) >= 11 is 0. The number of hydrogen-bond acceptors (Lipinski definition) is 3. The van der Waals surface area contributed by atoms with Crippen LogP contribution in [0.1, 0.15) is 30.9 Å². The lowest BCUT2D eigenvalue weighted by molar-refractivity contribution is -0.150. The number of halogens is 1. The molecule has 0 spiro atoms. The fourth-order valence-corrected chi connectivity index (χ4v) is 2.25. The molecule has 0 aliphatic carbocycles. The zero-order valence-electron chi connectivity index (χ0n) is 11.6. The van der Waals surface area contributed by atoms with Crippen LogP contribution in [0.25, 0.3) is 0 Å². The maximum Gasteiger partial charge on any atom is 0.317 e. The van der Waals surface area contributed by atoms with Crippen LogP contribution in [0.3, 0.4) is 0 Å². The Bertz CT molecular complexity index is 422. The van der Waals surface area contributed by atoms with Crippen LogP contribution in [0, 0.1) is 6.92 Å². The van der Waals surface area contributed by atoms with E-state index in [2.05, 4.69) is 0 Å². The molecular formula is C15H22FNO2. The van der Waals surface area contributed by atoms with Gasteiger partial charge < -0.3 is 10.5 Å². The molecule has 19 heavy (non-hydrogen) atoms. The molecule has 0 bridgehead atoms. The highest BCUT2D eigenvalue weighted by molar-refractivity contribution is 5.83. The Labute approximate surface area is 113 Å². The topological polar surface area (TPSA) is 52.3 Å². The van der Waals surface area contributed by atoms with Gasteiger partial charge in [-0.25, -0.2) is 0 Å². The molecule has 0 aromatic heterocycles. The van der Waals surface area contributed by atoms with Crippen LogP contribution in [-0.4, -0.2) is 25.8 Å². The van der Waals surface area contributed by atoms with Crippen LogP contribution in [-0.2, 0) is 14.9 Å². The third-order valence-corrected chi connectivity index (χ3v) is 3.32. The Morgan fingerprint density at radius 2 is 2.21 bits per heavy atom. The molecule has 0 aliphatic heterocycles. The van der Waals surface area contributed by atoms with Crippen LogP contribution in [0.2, 0.25) is 0 Å². The van der Waals surface area contributed by atoms with E-state index >= 15 is 0 Å². The summed E-state index contributed by atoms with van der Waals surface area (Å²) in [6.07, 6.45) is 0.659. The largest absolute Gasteiger partial charge is 0.465 e. The van der Waals surface area contributed by atoms with Crippen molar-refractivity contribution in [2.45, 2.75) is 32.1 Å². The minimum Gasteiger partial charge on any atom is -0.465 e. The minimum atomic E-state index is -0.936. The van der Waals surface area contributed by atoms with E-state index in [0.717, 1.165) is 11.1 Å². The highest BCUT2D eigenvalue weighted by atomic mass is 19.1. The molecule has 0 saturated carbocycles. The Hall–Kier alpha value is -1.42. The molecule has 0 aliphatic rings. The number of benzene rings is 1. The van der Waals surface area contributed by atoms with Gasteiger partial charge in [0.05, 0.1) is 13.3 Å². The zero-order valence-corrected chi connectivity index (χ0v) is 11.6. The summed E-state index contributed by atoms with van der Waals surface area (Å²) in [5.74, 6) is -0.364. The predicted octanol–water partition coefficient (Wildman–Crippen LogP) is 2.50. The van der Waals surface area contributed by atoms with Crippen molar-refractivity contribution in [3.63, 3.8) is 0 Å². The van der Waals surface area contributed by atoms with E-state index in [0.29, 0.717) is 19.4 Å². The Balaban J connectivity index is 3.18. The van der Waals surface area contributed by atoms with E-state index < -0.39 is 12.1 Å². The van der Waals surface area contributed by atoms with E-state index in [9.17, 15) is 9.18 Å². The van der Waals surface area contributed by atoms with Crippen molar-refractivity contribution >= 4 is 5.97 Å². The van der Waals surface area contributed by atoms with Crippen LogP contribution >= 0.6 is 0 Å². The molecule has 1 rings (SSSR count). The van der Waals surface area contributed by atoms with Gasteiger partial charge in [-0.05, 0) is 32.3 Å². The van der Waals surface area contributed by atoms with Crippen LogP contribution in [0.15, 0.2) is 24.3 Å². The smallest absolute Gasteiger partial charge is 0.317 e. The van der Waals surface area contributed by atoms with Gasteiger partial charge in [-0.1, -0.05) is 29.8 Å². The van der Waals surface area contributed by atoms with Crippen molar-refractivity contribution < 1.29 is 13.9 Å². The molecule has 0 fully saturated rings. The quantitative estimate of drug-likeness (QED) is 0.772. The average molecular weight is 267 g/mol. The van der Waals surface area contributed by atoms with Gasteiger partial charge in [0.25, 0.3) is 0 Å². The lowest BCUT2D eigenvalue weighted by Gasteiger charge is -2.30. The van der Waals surface area contributed by atoms with Crippen LogP contribution in [0.5, 0.6) is 0 Å². The van der Waals surface area contributed by atoms with Gasteiger partial charge in [0.15, 0.2) is 0 Å². The molecule has 0 saturated heterocycles. The molecular weight excluding hydrogens is 245 g/mol. The summed E-state index contributed by atoms with van der Waals surface area (Å²) in [5.41, 5.74) is 6.75. The monoisotopic (exact) mass is 267 g/mol. The van der Waals surface area contributed by atoms with Crippen LogP contribution < -0.4 is 5.73 Å². The molecule has 0 heterocycles. The fourth-order valence-electron chi connectivity index (χ4n) is 2.25. The first-order valence-corrected chi connectivity index (χ1v) is 6.61. The second kappa shape index (κ2) is 7.24. The summed E-state index contributed by atoms with van der Waals surface area (Å²) in [7, 11) is 0. The Morgan fingerprint density at radius 3 is 2.74 bits per heavy atom. The molecule has 1 aromatic carbocycles. The van der Waals surface area contributed by atoms with Crippen molar-refractivity contribution in [3.05, 3.63) is 35.4 Å². The second-order valence-electron chi connectivity index (χ2n) is 4.67. The van der Waals surface area contributed by atoms with Crippen molar-refractivity contribution in [1.29, 1.82) is 0 Å².